The molecule has 0 saturated carbocycles. The number of benzene rings is 2. The number of hydrogen-bond donors (Lipinski definition) is 2. The second-order valence-corrected chi connectivity index (χ2v) is 8.66. The molecule has 2 aromatic carbocycles. The van der Waals surface area contributed by atoms with Crippen LogP contribution in [0.15, 0.2) is 64.5 Å². The van der Waals surface area contributed by atoms with E-state index in [1.54, 1.807) is 4.57 Å². The van der Waals surface area contributed by atoms with E-state index in [9.17, 15) is 4.79 Å². The Kier molecular flexibility index (Phi) is 6.65. The highest BCUT2D eigenvalue weighted by Gasteiger charge is 2.19. The molecular formula is C23H25N7OS. The molecule has 0 fully saturated rings. The first-order chi connectivity index (χ1) is 15.5. The third-order valence-corrected chi connectivity index (χ3v) is 5.99. The van der Waals surface area contributed by atoms with E-state index in [1.165, 1.54) is 11.8 Å². The fraction of sp³-hybridized carbons (Fsp3) is 0.261. The Hall–Kier alpha value is -3.46. The Morgan fingerprint density at radius 1 is 1.03 bits per heavy atom. The number of para-hydroxylation sites is 2. The van der Waals surface area contributed by atoms with Gasteiger partial charge in [0.1, 0.15) is 5.82 Å². The van der Waals surface area contributed by atoms with E-state index >= 15 is 0 Å². The summed E-state index contributed by atoms with van der Waals surface area (Å²) in [6.07, 6.45) is 1.88. The zero-order valence-electron chi connectivity index (χ0n) is 18.0. The number of nitrogens with two attached hydrogens (primary N) is 1. The van der Waals surface area contributed by atoms with E-state index in [1.807, 2.05) is 61.5 Å². The third kappa shape index (κ3) is 4.88. The molecule has 2 heterocycles. The van der Waals surface area contributed by atoms with Crippen molar-refractivity contribution in [1.29, 1.82) is 0 Å². The van der Waals surface area contributed by atoms with Crippen LogP contribution < -0.4 is 16.6 Å². The second kappa shape index (κ2) is 9.78. The summed E-state index contributed by atoms with van der Waals surface area (Å²) in [5.74, 6) is 1.03. The van der Waals surface area contributed by atoms with E-state index in [-0.39, 0.29) is 16.8 Å². The lowest BCUT2D eigenvalue weighted by atomic mass is 10.2. The van der Waals surface area contributed by atoms with Crippen LogP contribution in [-0.4, -0.2) is 24.5 Å². The Morgan fingerprint density at radius 2 is 1.78 bits per heavy atom. The van der Waals surface area contributed by atoms with Crippen molar-refractivity contribution in [2.24, 2.45) is 0 Å². The SMILES string of the molecule is CCCCn1c(SC(C)c2nc(N)nc(Nc3ccccc3)n2)nc2ccccc2c1=O. The summed E-state index contributed by atoms with van der Waals surface area (Å²) in [6.45, 7) is 4.68. The molecule has 0 aliphatic rings. The molecule has 164 valence electrons. The number of unbranched alkanes of at least 4 members (excludes halogenated alkanes) is 1. The fourth-order valence-electron chi connectivity index (χ4n) is 3.26. The zero-order chi connectivity index (χ0) is 22.5. The zero-order valence-corrected chi connectivity index (χ0v) is 18.8. The molecule has 9 heteroatoms. The summed E-state index contributed by atoms with van der Waals surface area (Å²) >= 11 is 1.44. The summed E-state index contributed by atoms with van der Waals surface area (Å²) in [5, 5.41) is 4.23. The largest absolute Gasteiger partial charge is 0.368 e. The minimum atomic E-state index is -0.197. The van der Waals surface area contributed by atoms with Crippen molar-refractivity contribution in [3.8, 4) is 0 Å². The molecule has 3 N–H and O–H groups in total. The van der Waals surface area contributed by atoms with Crippen molar-refractivity contribution in [2.75, 3.05) is 11.1 Å². The summed E-state index contributed by atoms with van der Waals surface area (Å²) in [5.41, 5.74) is 7.47. The van der Waals surface area contributed by atoms with Crippen molar-refractivity contribution >= 4 is 40.2 Å². The van der Waals surface area contributed by atoms with Gasteiger partial charge in [-0.2, -0.15) is 15.0 Å². The van der Waals surface area contributed by atoms with Crippen LogP contribution in [0, 0.1) is 0 Å². The van der Waals surface area contributed by atoms with E-state index in [4.69, 9.17) is 10.7 Å². The van der Waals surface area contributed by atoms with Gasteiger partial charge in [-0.1, -0.05) is 55.4 Å². The first-order valence-electron chi connectivity index (χ1n) is 10.5. The van der Waals surface area contributed by atoms with Gasteiger partial charge in [0.2, 0.25) is 11.9 Å². The maximum Gasteiger partial charge on any atom is 0.262 e. The van der Waals surface area contributed by atoms with Crippen LogP contribution in [-0.2, 0) is 6.54 Å². The van der Waals surface area contributed by atoms with Gasteiger partial charge in [-0.3, -0.25) is 9.36 Å². The fourth-order valence-corrected chi connectivity index (χ4v) is 4.24. The van der Waals surface area contributed by atoms with Gasteiger partial charge in [0, 0.05) is 12.2 Å². The predicted octanol–water partition coefficient (Wildman–Crippen LogP) is 4.56. The lowest BCUT2D eigenvalue weighted by Gasteiger charge is -2.16. The number of nitrogens with zero attached hydrogens (tertiary/aromatic N) is 5. The number of anilines is 3. The quantitative estimate of drug-likeness (QED) is 0.299. The molecule has 4 rings (SSSR count). The summed E-state index contributed by atoms with van der Waals surface area (Å²) in [6, 6.07) is 17.0. The number of hydrogen-bond acceptors (Lipinski definition) is 8. The highest BCUT2D eigenvalue weighted by molar-refractivity contribution is 7.99. The summed E-state index contributed by atoms with van der Waals surface area (Å²) in [7, 11) is 0. The number of nitrogen functional groups attached to an aromatic ring is 1. The van der Waals surface area contributed by atoms with Crippen LogP contribution >= 0.6 is 11.8 Å². The van der Waals surface area contributed by atoms with Gasteiger partial charge >= 0.3 is 0 Å². The Balaban J connectivity index is 1.66. The Bertz CT molecular complexity index is 1280. The van der Waals surface area contributed by atoms with Gasteiger partial charge in [-0.25, -0.2) is 4.98 Å². The minimum Gasteiger partial charge on any atom is -0.368 e. The van der Waals surface area contributed by atoms with Crippen LogP contribution in [0.3, 0.4) is 0 Å². The van der Waals surface area contributed by atoms with Crippen molar-refractivity contribution < 1.29 is 0 Å². The monoisotopic (exact) mass is 447 g/mol. The highest BCUT2D eigenvalue weighted by Crippen LogP contribution is 2.33. The number of nitrogens with one attached hydrogen (secondary N) is 1. The van der Waals surface area contributed by atoms with Crippen LogP contribution in [0.25, 0.3) is 10.9 Å². The molecule has 0 saturated heterocycles. The molecule has 0 radical (unpaired) electrons. The number of rotatable bonds is 8. The molecule has 0 aliphatic carbocycles. The van der Waals surface area contributed by atoms with Crippen molar-refractivity contribution in [3.63, 3.8) is 0 Å². The van der Waals surface area contributed by atoms with Crippen LogP contribution in [0.2, 0.25) is 0 Å². The van der Waals surface area contributed by atoms with Gasteiger partial charge in [-0.05, 0) is 37.6 Å². The van der Waals surface area contributed by atoms with Gasteiger partial charge in [-0.15, -0.1) is 0 Å². The van der Waals surface area contributed by atoms with Crippen molar-refractivity contribution in [1.82, 2.24) is 24.5 Å². The molecule has 0 aliphatic heterocycles. The van der Waals surface area contributed by atoms with Crippen molar-refractivity contribution in [2.45, 2.75) is 43.6 Å². The van der Waals surface area contributed by atoms with E-state index in [0.717, 1.165) is 18.5 Å². The smallest absolute Gasteiger partial charge is 0.262 e. The van der Waals surface area contributed by atoms with Gasteiger partial charge < -0.3 is 11.1 Å². The van der Waals surface area contributed by atoms with Crippen LogP contribution in [0.1, 0.15) is 37.8 Å². The molecule has 0 amide bonds. The first-order valence-corrected chi connectivity index (χ1v) is 11.4. The molecule has 4 aromatic rings. The normalized spacial score (nSPS) is 12.1. The van der Waals surface area contributed by atoms with Gasteiger partial charge in [0.05, 0.1) is 16.2 Å². The first kappa shape index (κ1) is 21.8. The van der Waals surface area contributed by atoms with Crippen molar-refractivity contribution in [3.05, 3.63) is 70.8 Å². The maximum atomic E-state index is 13.1. The molecule has 8 nitrogen and oxygen atoms in total. The number of fused-ring (bicyclic) bond motifs is 1. The van der Waals surface area contributed by atoms with E-state index < -0.39 is 0 Å². The lowest BCUT2D eigenvalue weighted by Crippen LogP contribution is -2.23. The number of aromatic nitrogens is 5. The standard InChI is InChI=1S/C23H25N7OS/c1-3-4-14-30-20(31)17-12-8-9-13-18(17)26-23(30)32-15(2)19-27-21(24)29-22(28-19)25-16-10-6-5-7-11-16/h5-13,15H,3-4,14H2,1-2H3,(H3,24,25,27,28,29). The van der Waals surface area contributed by atoms with E-state index in [0.29, 0.717) is 34.4 Å². The molecule has 32 heavy (non-hydrogen) atoms. The molecule has 1 unspecified atom stereocenters. The minimum absolute atomic E-state index is 0.0275. The van der Waals surface area contributed by atoms with E-state index in [2.05, 4.69) is 27.2 Å². The molecule has 2 aromatic heterocycles. The molecular weight excluding hydrogens is 422 g/mol. The molecule has 0 bridgehead atoms. The molecule has 0 spiro atoms. The van der Waals surface area contributed by atoms with Gasteiger partial charge in [0.25, 0.3) is 5.56 Å². The average molecular weight is 448 g/mol. The Labute approximate surface area is 190 Å². The lowest BCUT2D eigenvalue weighted by molar-refractivity contribution is 0.557. The van der Waals surface area contributed by atoms with Crippen LogP contribution in [0.5, 0.6) is 0 Å². The van der Waals surface area contributed by atoms with Gasteiger partial charge in [0.15, 0.2) is 5.16 Å². The highest BCUT2D eigenvalue weighted by atomic mass is 32.2. The second-order valence-electron chi connectivity index (χ2n) is 7.35. The summed E-state index contributed by atoms with van der Waals surface area (Å²) in [4.78, 5) is 31.0. The maximum absolute atomic E-state index is 13.1. The predicted molar refractivity (Wildman–Crippen MR) is 129 cm³/mol. The topological polar surface area (TPSA) is 112 Å². The van der Waals surface area contributed by atoms with Crippen LogP contribution in [0.4, 0.5) is 17.6 Å². The Morgan fingerprint density at radius 3 is 2.56 bits per heavy atom. The average Bonchev–Trinajstić information content (AvgIpc) is 2.79. The number of thioether (sulfide) groups is 1. The molecule has 1 atom stereocenters. The summed E-state index contributed by atoms with van der Waals surface area (Å²) < 4.78 is 1.75. The third-order valence-electron chi connectivity index (χ3n) is 4.91.